The summed E-state index contributed by atoms with van der Waals surface area (Å²) in [5, 5.41) is 28.7. The van der Waals surface area contributed by atoms with Crippen LogP contribution in [0.3, 0.4) is 0 Å². The van der Waals surface area contributed by atoms with E-state index in [-0.39, 0.29) is 12.2 Å². The van der Waals surface area contributed by atoms with Crippen molar-refractivity contribution in [2.45, 2.75) is 18.9 Å². The second-order valence-corrected chi connectivity index (χ2v) is 3.91. The van der Waals surface area contributed by atoms with Gasteiger partial charge in [-0.1, -0.05) is 12.1 Å². The molecule has 0 saturated heterocycles. The molecule has 0 heterocycles. The number of amides is 1. The van der Waals surface area contributed by atoms with Crippen LogP contribution in [0.2, 0.25) is 0 Å². The second-order valence-electron chi connectivity index (χ2n) is 3.91. The average molecular weight is 239 g/mol. The third-order valence-corrected chi connectivity index (χ3v) is 2.35. The van der Waals surface area contributed by atoms with Gasteiger partial charge < -0.3 is 20.6 Å². The number of carboxylic acids is 1. The highest BCUT2D eigenvalue weighted by molar-refractivity contribution is 5.83. The number of phenolic OH excluding ortho intramolecular Hbond substituents is 1. The van der Waals surface area contributed by atoms with Crippen LogP contribution in [0.4, 0.5) is 4.79 Å². The Hall–Kier alpha value is -2.24. The number of rotatable bonds is 4. The van der Waals surface area contributed by atoms with E-state index in [1.807, 2.05) is 5.32 Å². The van der Waals surface area contributed by atoms with Gasteiger partial charge in [0.25, 0.3) is 0 Å². The minimum atomic E-state index is -1.59. The van der Waals surface area contributed by atoms with Gasteiger partial charge in [-0.15, -0.1) is 0 Å². The van der Waals surface area contributed by atoms with Crippen molar-refractivity contribution in [3.05, 3.63) is 29.8 Å². The van der Waals surface area contributed by atoms with Crippen LogP contribution in [0.5, 0.6) is 5.75 Å². The summed E-state index contributed by atoms with van der Waals surface area (Å²) >= 11 is 0. The normalized spacial score (nSPS) is 13.7. The summed E-state index contributed by atoms with van der Waals surface area (Å²) in [6.45, 7) is 1.29. The van der Waals surface area contributed by atoms with Crippen molar-refractivity contribution >= 4 is 12.1 Å². The number of phenols is 1. The monoisotopic (exact) mass is 239 g/mol. The number of aromatic hydroxyl groups is 1. The van der Waals surface area contributed by atoms with Crippen molar-refractivity contribution in [3.63, 3.8) is 0 Å². The molecule has 4 N–H and O–H groups in total. The quantitative estimate of drug-likeness (QED) is 0.628. The number of carboxylic acid groups (broad SMARTS) is 2. The van der Waals surface area contributed by atoms with Crippen LogP contribution in [0.15, 0.2) is 24.3 Å². The van der Waals surface area contributed by atoms with E-state index in [0.29, 0.717) is 5.56 Å². The van der Waals surface area contributed by atoms with Crippen molar-refractivity contribution in [1.29, 1.82) is 0 Å². The van der Waals surface area contributed by atoms with Gasteiger partial charge in [-0.2, -0.15) is 0 Å². The largest absolute Gasteiger partial charge is 0.508 e. The third kappa shape index (κ3) is 3.37. The summed E-state index contributed by atoms with van der Waals surface area (Å²) in [6.07, 6.45) is -1.40. The lowest BCUT2D eigenvalue weighted by atomic mass is 9.93. The Morgan fingerprint density at radius 3 is 2.18 bits per heavy atom. The first kappa shape index (κ1) is 12.8. The molecular weight excluding hydrogens is 226 g/mol. The lowest BCUT2D eigenvalue weighted by Crippen LogP contribution is -2.53. The Bertz CT molecular complexity index is 428. The summed E-state index contributed by atoms with van der Waals surface area (Å²) in [7, 11) is 0. The molecule has 1 aromatic carbocycles. The summed E-state index contributed by atoms with van der Waals surface area (Å²) < 4.78 is 0. The van der Waals surface area contributed by atoms with Crippen LogP contribution in [-0.2, 0) is 11.2 Å². The van der Waals surface area contributed by atoms with Crippen molar-refractivity contribution in [2.24, 2.45) is 0 Å². The first-order chi connectivity index (χ1) is 7.83. The highest BCUT2D eigenvalue weighted by atomic mass is 16.4. The maximum atomic E-state index is 11.1. The number of aliphatic carboxylic acids is 1. The molecule has 0 fully saturated rings. The number of carbonyl (C=O) groups is 2. The highest BCUT2D eigenvalue weighted by Crippen LogP contribution is 2.16. The molecule has 92 valence electrons. The molecule has 0 spiro atoms. The molecule has 0 radical (unpaired) electrons. The zero-order chi connectivity index (χ0) is 13.1. The Labute approximate surface area is 97.5 Å². The van der Waals surface area contributed by atoms with Gasteiger partial charge in [-0.3, -0.25) is 0 Å². The molecule has 0 aromatic heterocycles. The zero-order valence-corrected chi connectivity index (χ0v) is 9.17. The summed E-state index contributed by atoms with van der Waals surface area (Å²) in [5.41, 5.74) is -0.982. The van der Waals surface area contributed by atoms with E-state index in [0.717, 1.165) is 0 Å². The van der Waals surface area contributed by atoms with Gasteiger partial charge in [0.05, 0.1) is 0 Å². The predicted octanol–water partition coefficient (Wildman–Crippen LogP) is 1.05. The van der Waals surface area contributed by atoms with E-state index < -0.39 is 17.6 Å². The minimum absolute atomic E-state index is 0.00505. The fourth-order valence-electron chi connectivity index (χ4n) is 1.43. The van der Waals surface area contributed by atoms with Gasteiger partial charge >= 0.3 is 12.1 Å². The number of benzene rings is 1. The van der Waals surface area contributed by atoms with E-state index in [9.17, 15) is 9.59 Å². The molecule has 1 aromatic rings. The van der Waals surface area contributed by atoms with Crippen LogP contribution < -0.4 is 5.32 Å². The first-order valence-electron chi connectivity index (χ1n) is 4.86. The summed E-state index contributed by atoms with van der Waals surface area (Å²) in [6, 6.07) is 5.91. The van der Waals surface area contributed by atoms with E-state index in [2.05, 4.69) is 0 Å². The SMILES string of the molecule is C[C@@](Cc1ccc(O)cc1)(NC(=O)O)C(=O)O. The fourth-order valence-corrected chi connectivity index (χ4v) is 1.43. The van der Waals surface area contributed by atoms with Crippen molar-refractivity contribution in [3.8, 4) is 5.75 Å². The summed E-state index contributed by atoms with van der Waals surface area (Å²) in [4.78, 5) is 21.6. The van der Waals surface area contributed by atoms with E-state index in [1.165, 1.54) is 19.1 Å². The molecule has 0 unspecified atom stereocenters. The Balaban J connectivity index is 2.90. The molecule has 0 aliphatic heterocycles. The number of hydrogen-bond acceptors (Lipinski definition) is 3. The van der Waals surface area contributed by atoms with Gasteiger partial charge in [0.15, 0.2) is 0 Å². The van der Waals surface area contributed by atoms with Gasteiger partial charge in [-0.05, 0) is 24.6 Å². The van der Waals surface area contributed by atoms with Crippen molar-refractivity contribution in [2.75, 3.05) is 0 Å². The molecule has 1 atom stereocenters. The maximum absolute atomic E-state index is 11.1. The van der Waals surface area contributed by atoms with Crippen molar-refractivity contribution < 1.29 is 24.9 Å². The average Bonchev–Trinajstić information content (AvgIpc) is 2.20. The van der Waals surface area contributed by atoms with E-state index in [1.54, 1.807) is 12.1 Å². The molecule has 0 aliphatic rings. The van der Waals surface area contributed by atoms with Crippen LogP contribution >= 0.6 is 0 Å². The van der Waals surface area contributed by atoms with E-state index in [4.69, 9.17) is 15.3 Å². The topological polar surface area (TPSA) is 107 Å². The summed E-state index contributed by atoms with van der Waals surface area (Å²) in [5.74, 6) is -1.19. The van der Waals surface area contributed by atoms with Crippen molar-refractivity contribution in [1.82, 2.24) is 5.32 Å². The predicted molar refractivity (Wildman–Crippen MR) is 59.0 cm³/mol. The lowest BCUT2D eigenvalue weighted by Gasteiger charge is -2.24. The Kier molecular flexibility index (Phi) is 3.57. The van der Waals surface area contributed by atoms with Crippen LogP contribution in [-0.4, -0.2) is 32.9 Å². The molecular formula is C11H13NO5. The Morgan fingerprint density at radius 2 is 1.76 bits per heavy atom. The molecule has 6 nitrogen and oxygen atoms in total. The number of nitrogens with one attached hydrogen (secondary N) is 1. The fraction of sp³-hybridized carbons (Fsp3) is 0.273. The minimum Gasteiger partial charge on any atom is -0.508 e. The lowest BCUT2D eigenvalue weighted by molar-refractivity contribution is -0.143. The molecule has 0 saturated carbocycles. The van der Waals surface area contributed by atoms with Crippen LogP contribution in [0.1, 0.15) is 12.5 Å². The molecule has 0 bridgehead atoms. The smallest absolute Gasteiger partial charge is 0.405 e. The second kappa shape index (κ2) is 4.73. The van der Waals surface area contributed by atoms with Crippen LogP contribution in [0, 0.1) is 0 Å². The van der Waals surface area contributed by atoms with Gasteiger partial charge in [0, 0.05) is 6.42 Å². The zero-order valence-electron chi connectivity index (χ0n) is 9.17. The van der Waals surface area contributed by atoms with Gasteiger partial charge in [0.2, 0.25) is 0 Å². The molecule has 1 rings (SSSR count). The van der Waals surface area contributed by atoms with Crippen LogP contribution in [0.25, 0.3) is 0 Å². The first-order valence-corrected chi connectivity index (χ1v) is 4.86. The molecule has 0 aliphatic carbocycles. The van der Waals surface area contributed by atoms with Gasteiger partial charge in [0.1, 0.15) is 11.3 Å². The standard InChI is InChI=1S/C11H13NO5/c1-11(9(14)15,12-10(16)17)6-7-2-4-8(13)5-3-7/h2-5,12-13H,6H2,1H3,(H,14,15)(H,16,17)/t11-/m0/s1. The molecule has 1 amide bonds. The highest BCUT2D eigenvalue weighted by Gasteiger charge is 2.35. The van der Waals surface area contributed by atoms with E-state index >= 15 is 0 Å². The molecule has 6 heteroatoms. The maximum Gasteiger partial charge on any atom is 0.405 e. The molecule has 17 heavy (non-hydrogen) atoms. The number of hydrogen-bond donors (Lipinski definition) is 4. The third-order valence-electron chi connectivity index (χ3n) is 2.35. The van der Waals surface area contributed by atoms with Gasteiger partial charge in [-0.25, -0.2) is 9.59 Å². The Morgan fingerprint density at radius 1 is 1.24 bits per heavy atom.